The average molecular weight is 278 g/mol. The van der Waals surface area contributed by atoms with Gasteiger partial charge in [0.1, 0.15) is 12.0 Å². The van der Waals surface area contributed by atoms with Crippen molar-refractivity contribution in [1.82, 2.24) is 9.97 Å². The van der Waals surface area contributed by atoms with Crippen molar-refractivity contribution in [3.8, 4) is 0 Å². The van der Waals surface area contributed by atoms with E-state index in [0.29, 0.717) is 6.54 Å². The molecule has 0 aromatic carbocycles. The lowest BCUT2D eigenvalue weighted by Gasteiger charge is -2.17. The molecule has 0 saturated heterocycles. The molecule has 0 bridgehead atoms. The third kappa shape index (κ3) is 2.67. The highest BCUT2D eigenvalue weighted by Gasteiger charge is 2.21. The Hall–Kier alpha value is -2.68. The number of anilines is 2. The Balaban J connectivity index is 2.34. The molecule has 9 nitrogen and oxygen atoms in total. The van der Waals surface area contributed by atoms with Gasteiger partial charge in [0.2, 0.25) is 11.8 Å². The second kappa shape index (κ2) is 5.53. The van der Waals surface area contributed by atoms with Gasteiger partial charge in [0.25, 0.3) is 0 Å². The van der Waals surface area contributed by atoms with Gasteiger partial charge >= 0.3 is 5.69 Å². The molecule has 0 unspecified atom stereocenters. The molecule has 0 aliphatic heterocycles. The molecular formula is C11H14N6O3. The van der Waals surface area contributed by atoms with Gasteiger partial charge < -0.3 is 9.32 Å². The molecule has 0 radical (unpaired) electrons. The molecule has 20 heavy (non-hydrogen) atoms. The first-order valence-corrected chi connectivity index (χ1v) is 5.75. The first-order valence-electron chi connectivity index (χ1n) is 5.75. The van der Waals surface area contributed by atoms with Crippen molar-refractivity contribution in [2.24, 2.45) is 5.84 Å². The Kier molecular flexibility index (Phi) is 3.80. The van der Waals surface area contributed by atoms with Crippen LogP contribution in [0.15, 0.2) is 22.9 Å². The van der Waals surface area contributed by atoms with Gasteiger partial charge in [-0.2, -0.15) is 4.98 Å². The second-order valence-corrected chi connectivity index (χ2v) is 4.16. The molecule has 0 fully saturated rings. The lowest BCUT2D eigenvalue weighted by Crippen LogP contribution is -2.21. The van der Waals surface area contributed by atoms with Crippen LogP contribution >= 0.6 is 0 Å². The van der Waals surface area contributed by atoms with Crippen LogP contribution in [0.2, 0.25) is 0 Å². The largest absolute Gasteiger partial charge is 0.469 e. The Morgan fingerprint density at radius 3 is 2.90 bits per heavy atom. The van der Waals surface area contributed by atoms with Gasteiger partial charge in [-0.15, -0.1) is 0 Å². The van der Waals surface area contributed by atoms with Gasteiger partial charge in [-0.1, -0.05) is 0 Å². The third-order valence-corrected chi connectivity index (χ3v) is 2.81. The lowest BCUT2D eigenvalue weighted by atomic mass is 10.2. The van der Waals surface area contributed by atoms with E-state index in [1.807, 2.05) is 6.92 Å². The Morgan fingerprint density at radius 1 is 1.60 bits per heavy atom. The zero-order valence-electron chi connectivity index (χ0n) is 11.0. The molecule has 0 spiro atoms. The number of nitro groups is 1. The summed E-state index contributed by atoms with van der Waals surface area (Å²) >= 11 is 0. The van der Waals surface area contributed by atoms with Crippen LogP contribution in [0.5, 0.6) is 0 Å². The molecule has 2 aromatic heterocycles. The minimum absolute atomic E-state index is 0.112. The summed E-state index contributed by atoms with van der Waals surface area (Å²) in [7, 11) is 1.70. The molecule has 0 atom stereocenters. The molecule has 2 heterocycles. The summed E-state index contributed by atoms with van der Waals surface area (Å²) in [4.78, 5) is 19.9. The van der Waals surface area contributed by atoms with E-state index in [2.05, 4.69) is 15.4 Å². The van der Waals surface area contributed by atoms with E-state index >= 15 is 0 Å². The summed E-state index contributed by atoms with van der Waals surface area (Å²) in [6.07, 6.45) is 2.69. The summed E-state index contributed by atoms with van der Waals surface area (Å²) < 4.78 is 5.20. The minimum Gasteiger partial charge on any atom is -0.469 e. The molecule has 0 saturated carbocycles. The van der Waals surface area contributed by atoms with Gasteiger partial charge in [-0.05, 0) is 13.0 Å². The lowest BCUT2D eigenvalue weighted by molar-refractivity contribution is -0.384. The zero-order chi connectivity index (χ0) is 14.7. The number of nitrogens with two attached hydrogens (primary N) is 1. The van der Waals surface area contributed by atoms with E-state index < -0.39 is 4.92 Å². The van der Waals surface area contributed by atoms with Crippen LogP contribution in [-0.4, -0.2) is 21.9 Å². The number of hydrazine groups is 1. The molecule has 9 heteroatoms. The number of aryl methyl sites for hydroxylation is 1. The summed E-state index contributed by atoms with van der Waals surface area (Å²) in [6.45, 7) is 2.24. The highest BCUT2D eigenvalue weighted by Crippen LogP contribution is 2.26. The summed E-state index contributed by atoms with van der Waals surface area (Å²) in [5.74, 6) is 6.27. The standard InChI is InChI=1S/C11H14N6O3/c1-7-8(3-4-20-7)6-16(2)10-9(17(18)19)5-13-11(14-10)15-12/h3-5H,6,12H2,1-2H3,(H,13,14,15). The van der Waals surface area contributed by atoms with E-state index in [1.165, 1.54) is 0 Å². The predicted molar refractivity (Wildman–Crippen MR) is 72.0 cm³/mol. The van der Waals surface area contributed by atoms with Gasteiger partial charge in [0.05, 0.1) is 11.2 Å². The van der Waals surface area contributed by atoms with Crippen molar-refractivity contribution in [3.05, 3.63) is 40.0 Å². The number of nitrogens with one attached hydrogen (secondary N) is 1. The Morgan fingerprint density at radius 2 is 2.35 bits per heavy atom. The highest BCUT2D eigenvalue weighted by molar-refractivity contribution is 5.58. The number of hydrogen-bond donors (Lipinski definition) is 2. The van der Waals surface area contributed by atoms with Crippen molar-refractivity contribution >= 4 is 17.5 Å². The fraction of sp³-hybridized carbons (Fsp3) is 0.273. The number of aromatic nitrogens is 2. The maximum atomic E-state index is 11.0. The van der Waals surface area contributed by atoms with Crippen LogP contribution < -0.4 is 16.2 Å². The molecular weight excluding hydrogens is 264 g/mol. The Labute approximate surface area is 114 Å². The smallest absolute Gasteiger partial charge is 0.329 e. The number of rotatable bonds is 5. The van der Waals surface area contributed by atoms with E-state index in [4.69, 9.17) is 10.3 Å². The number of furan rings is 1. The fourth-order valence-electron chi connectivity index (χ4n) is 1.75. The third-order valence-electron chi connectivity index (χ3n) is 2.81. The van der Waals surface area contributed by atoms with Crippen molar-refractivity contribution in [2.45, 2.75) is 13.5 Å². The van der Waals surface area contributed by atoms with Crippen LogP contribution in [0.1, 0.15) is 11.3 Å². The quantitative estimate of drug-likeness (QED) is 0.475. The molecule has 3 N–H and O–H groups in total. The van der Waals surface area contributed by atoms with Crippen LogP contribution in [0.3, 0.4) is 0 Å². The fourth-order valence-corrected chi connectivity index (χ4v) is 1.75. The van der Waals surface area contributed by atoms with Gasteiger partial charge in [0.15, 0.2) is 0 Å². The number of nitrogen functional groups attached to an aromatic ring is 1. The molecule has 0 amide bonds. The first kappa shape index (κ1) is 13.7. The minimum atomic E-state index is -0.533. The van der Waals surface area contributed by atoms with Gasteiger partial charge in [-0.25, -0.2) is 10.8 Å². The molecule has 2 aromatic rings. The maximum absolute atomic E-state index is 11.0. The molecule has 2 rings (SSSR count). The van der Waals surface area contributed by atoms with Crippen molar-refractivity contribution < 1.29 is 9.34 Å². The average Bonchev–Trinajstić information content (AvgIpc) is 2.83. The first-order chi connectivity index (χ1) is 9.52. The highest BCUT2D eigenvalue weighted by atomic mass is 16.6. The van der Waals surface area contributed by atoms with Crippen LogP contribution in [0, 0.1) is 17.0 Å². The summed E-state index contributed by atoms with van der Waals surface area (Å²) in [5.41, 5.74) is 3.00. The Bertz CT molecular complexity index is 626. The van der Waals surface area contributed by atoms with Crippen molar-refractivity contribution in [2.75, 3.05) is 17.4 Å². The number of nitrogens with zero attached hydrogens (tertiary/aromatic N) is 4. The monoisotopic (exact) mass is 278 g/mol. The normalized spacial score (nSPS) is 10.3. The van der Waals surface area contributed by atoms with E-state index in [0.717, 1.165) is 17.5 Å². The van der Waals surface area contributed by atoms with Gasteiger partial charge in [0, 0.05) is 19.2 Å². The molecule has 0 aliphatic carbocycles. The SMILES string of the molecule is Cc1occc1CN(C)c1nc(NN)ncc1[N+](=O)[O-]. The van der Waals surface area contributed by atoms with E-state index in [1.54, 1.807) is 24.3 Å². The molecule has 106 valence electrons. The zero-order valence-corrected chi connectivity index (χ0v) is 11.0. The predicted octanol–water partition coefficient (Wildman–Crippen LogP) is 1.21. The van der Waals surface area contributed by atoms with Crippen LogP contribution in [0.4, 0.5) is 17.5 Å². The van der Waals surface area contributed by atoms with E-state index in [-0.39, 0.29) is 17.5 Å². The van der Waals surface area contributed by atoms with Crippen molar-refractivity contribution in [3.63, 3.8) is 0 Å². The maximum Gasteiger partial charge on any atom is 0.329 e. The van der Waals surface area contributed by atoms with Crippen LogP contribution in [-0.2, 0) is 6.54 Å². The number of hydrogen-bond acceptors (Lipinski definition) is 8. The van der Waals surface area contributed by atoms with Gasteiger partial charge in [-0.3, -0.25) is 15.5 Å². The van der Waals surface area contributed by atoms with E-state index in [9.17, 15) is 10.1 Å². The summed E-state index contributed by atoms with van der Waals surface area (Å²) in [5, 5.41) is 11.0. The second-order valence-electron chi connectivity index (χ2n) is 4.16. The molecule has 0 aliphatic rings. The summed E-state index contributed by atoms with van der Waals surface area (Å²) in [6, 6.07) is 1.81. The topological polar surface area (TPSA) is 123 Å². The van der Waals surface area contributed by atoms with Crippen molar-refractivity contribution in [1.29, 1.82) is 0 Å². The van der Waals surface area contributed by atoms with Crippen LogP contribution in [0.25, 0.3) is 0 Å².